The molecule has 5 N–H and O–H groups in total. The second-order valence-corrected chi connectivity index (χ2v) is 4.90. The molecule has 0 radical (unpaired) electrons. The lowest BCUT2D eigenvalue weighted by Gasteiger charge is -2.10. The number of hydrogen-bond acceptors (Lipinski definition) is 8. The number of nitrogens with two attached hydrogens (primary N) is 1. The standard InChI is InChI=1S/C14H17N7O2/c1-16-9-5-10-18-11-7-23-12(19-11)3-2-4-17-14(22)8(6-15)13(20-9)21-10/h5-7H,2-4,15H2,1H3,(H,17,22)(H2,16,18,20,21)/b8-6+. The molecule has 1 aliphatic heterocycles. The molecule has 23 heavy (non-hydrogen) atoms. The molecule has 0 unspecified atom stereocenters. The van der Waals surface area contributed by atoms with Crippen LogP contribution in [0, 0.1) is 0 Å². The highest BCUT2D eigenvalue weighted by Crippen LogP contribution is 2.21. The smallest absolute Gasteiger partial charge is 0.256 e. The van der Waals surface area contributed by atoms with E-state index in [-0.39, 0.29) is 17.3 Å². The molecule has 0 atom stereocenters. The van der Waals surface area contributed by atoms with E-state index in [1.807, 2.05) is 0 Å². The Labute approximate surface area is 132 Å². The van der Waals surface area contributed by atoms with Crippen molar-refractivity contribution < 1.29 is 9.21 Å². The third-order valence-electron chi connectivity index (χ3n) is 3.30. The largest absolute Gasteiger partial charge is 0.447 e. The first kappa shape index (κ1) is 14.8. The van der Waals surface area contributed by atoms with Crippen LogP contribution in [-0.4, -0.2) is 34.5 Å². The van der Waals surface area contributed by atoms with Crippen molar-refractivity contribution in [1.82, 2.24) is 20.3 Å². The van der Waals surface area contributed by atoms with Crippen molar-refractivity contribution in [2.75, 3.05) is 24.2 Å². The lowest BCUT2D eigenvalue weighted by atomic mass is 10.2. The number of anilines is 3. The van der Waals surface area contributed by atoms with Crippen LogP contribution in [0.3, 0.4) is 0 Å². The molecule has 4 bridgehead atoms. The van der Waals surface area contributed by atoms with E-state index >= 15 is 0 Å². The number of fused-ring (bicyclic) bond motifs is 4. The van der Waals surface area contributed by atoms with E-state index < -0.39 is 0 Å². The summed E-state index contributed by atoms with van der Waals surface area (Å²) in [5.41, 5.74) is 5.81. The van der Waals surface area contributed by atoms with Crippen molar-refractivity contribution >= 4 is 28.9 Å². The van der Waals surface area contributed by atoms with Crippen molar-refractivity contribution in [3.63, 3.8) is 0 Å². The number of rotatable bonds is 1. The second-order valence-electron chi connectivity index (χ2n) is 4.90. The maximum atomic E-state index is 12.3. The summed E-state index contributed by atoms with van der Waals surface area (Å²) in [7, 11) is 1.73. The van der Waals surface area contributed by atoms with E-state index in [2.05, 4.69) is 30.9 Å². The molecular weight excluding hydrogens is 298 g/mol. The molecule has 9 heteroatoms. The summed E-state index contributed by atoms with van der Waals surface area (Å²) in [4.78, 5) is 25.2. The van der Waals surface area contributed by atoms with Gasteiger partial charge in [0.1, 0.15) is 17.9 Å². The Morgan fingerprint density at radius 2 is 2.22 bits per heavy atom. The fourth-order valence-electron chi connectivity index (χ4n) is 2.16. The van der Waals surface area contributed by atoms with Gasteiger partial charge in [0, 0.05) is 32.3 Å². The van der Waals surface area contributed by atoms with Gasteiger partial charge >= 0.3 is 0 Å². The van der Waals surface area contributed by atoms with Gasteiger partial charge in [-0.3, -0.25) is 4.79 Å². The first-order chi connectivity index (χ1) is 11.2. The molecule has 0 saturated heterocycles. The Bertz CT molecular complexity index is 753. The van der Waals surface area contributed by atoms with Crippen molar-refractivity contribution in [2.24, 2.45) is 5.73 Å². The van der Waals surface area contributed by atoms with E-state index in [1.165, 1.54) is 12.5 Å². The van der Waals surface area contributed by atoms with Crippen LogP contribution in [0.2, 0.25) is 0 Å². The number of carbonyl (C=O) groups excluding carboxylic acids is 1. The van der Waals surface area contributed by atoms with Gasteiger partial charge < -0.3 is 26.1 Å². The van der Waals surface area contributed by atoms with Crippen LogP contribution in [0.4, 0.5) is 17.5 Å². The Balaban J connectivity index is 2.06. The Morgan fingerprint density at radius 1 is 1.35 bits per heavy atom. The van der Waals surface area contributed by atoms with E-state index in [9.17, 15) is 4.79 Å². The molecule has 2 aromatic rings. The minimum Gasteiger partial charge on any atom is -0.447 e. The molecule has 0 fully saturated rings. The predicted octanol–water partition coefficient (Wildman–Crippen LogP) is 0.612. The van der Waals surface area contributed by atoms with Gasteiger partial charge in [0.05, 0.1) is 5.57 Å². The summed E-state index contributed by atoms with van der Waals surface area (Å²) in [6.45, 7) is 0.472. The zero-order valence-electron chi connectivity index (χ0n) is 12.6. The SMILES string of the molecule is CNc1cc2nc(n1)/C(=C\N)C(=O)NCCCc1nc(co1)N2. The van der Waals surface area contributed by atoms with Crippen LogP contribution in [0.25, 0.3) is 5.57 Å². The van der Waals surface area contributed by atoms with Crippen LogP contribution in [0.1, 0.15) is 18.1 Å². The minimum atomic E-state index is -0.321. The van der Waals surface area contributed by atoms with Crippen LogP contribution in [0.15, 0.2) is 22.9 Å². The van der Waals surface area contributed by atoms with Gasteiger partial charge in [-0.15, -0.1) is 0 Å². The maximum Gasteiger partial charge on any atom is 0.256 e. The van der Waals surface area contributed by atoms with E-state index in [0.717, 1.165) is 0 Å². The lowest BCUT2D eigenvalue weighted by Crippen LogP contribution is -2.27. The zero-order chi connectivity index (χ0) is 16.2. The first-order valence-electron chi connectivity index (χ1n) is 7.18. The summed E-state index contributed by atoms with van der Waals surface area (Å²) in [6.07, 6.45) is 4.06. The summed E-state index contributed by atoms with van der Waals surface area (Å²) >= 11 is 0. The molecule has 1 amide bonds. The Morgan fingerprint density at radius 3 is 3.00 bits per heavy atom. The van der Waals surface area contributed by atoms with Crippen LogP contribution >= 0.6 is 0 Å². The van der Waals surface area contributed by atoms with Gasteiger partial charge in [0.2, 0.25) is 0 Å². The topological polar surface area (TPSA) is 131 Å². The first-order valence-corrected chi connectivity index (χ1v) is 7.18. The van der Waals surface area contributed by atoms with E-state index in [1.54, 1.807) is 13.1 Å². The fourth-order valence-corrected chi connectivity index (χ4v) is 2.16. The van der Waals surface area contributed by atoms with Gasteiger partial charge in [-0.1, -0.05) is 0 Å². The van der Waals surface area contributed by atoms with Crippen molar-refractivity contribution in [3.05, 3.63) is 30.2 Å². The summed E-state index contributed by atoms with van der Waals surface area (Å²) in [5.74, 6) is 2.07. The highest BCUT2D eigenvalue weighted by Gasteiger charge is 2.17. The predicted molar refractivity (Wildman–Crippen MR) is 84.9 cm³/mol. The highest BCUT2D eigenvalue weighted by atomic mass is 16.3. The molecule has 2 aromatic heterocycles. The molecule has 0 saturated carbocycles. The number of nitrogens with zero attached hydrogens (tertiary/aromatic N) is 3. The van der Waals surface area contributed by atoms with E-state index in [0.29, 0.717) is 42.7 Å². The number of aryl methyl sites for hydroxylation is 1. The van der Waals surface area contributed by atoms with E-state index in [4.69, 9.17) is 10.2 Å². The van der Waals surface area contributed by atoms with Gasteiger partial charge in [0.25, 0.3) is 5.91 Å². The monoisotopic (exact) mass is 315 g/mol. The normalized spacial score (nSPS) is 16.6. The van der Waals surface area contributed by atoms with Gasteiger partial charge in [0.15, 0.2) is 17.5 Å². The number of oxazole rings is 1. The van der Waals surface area contributed by atoms with Crippen molar-refractivity contribution in [3.8, 4) is 0 Å². The van der Waals surface area contributed by atoms with Crippen LogP contribution < -0.4 is 21.7 Å². The van der Waals surface area contributed by atoms with Gasteiger partial charge in [-0.2, -0.15) is 4.98 Å². The van der Waals surface area contributed by atoms with Crippen molar-refractivity contribution in [2.45, 2.75) is 12.8 Å². The molecule has 0 spiro atoms. The summed E-state index contributed by atoms with van der Waals surface area (Å²) in [6, 6.07) is 1.70. The van der Waals surface area contributed by atoms with Gasteiger partial charge in [-0.25, -0.2) is 9.97 Å². The van der Waals surface area contributed by atoms with Crippen LogP contribution in [-0.2, 0) is 11.2 Å². The molecule has 0 aliphatic carbocycles. The number of carbonyl (C=O) groups is 1. The minimum absolute atomic E-state index is 0.212. The Hall–Kier alpha value is -3.10. The molecule has 3 rings (SSSR count). The molecular formula is C14H17N7O2. The number of hydrogen-bond donors (Lipinski definition) is 4. The zero-order valence-corrected chi connectivity index (χ0v) is 12.6. The van der Waals surface area contributed by atoms with Gasteiger partial charge in [-0.05, 0) is 6.42 Å². The fraction of sp³-hybridized carbons (Fsp3) is 0.286. The molecule has 0 aromatic carbocycles. The third-order valence-corrected chi connectivity index (χ3v) is 3.30. The third kappa shape index (κ3) is 3.23. The molecule has 1 aliphatic rings. The Kier molecular flexibility index (Phi) is 4.09. The van der Waals surface area contributed by atoms with Crippen LogP contribution in [0.5, 0.6) is 0 Å². The average Bonchev–Trinajstić information content (AvgIpc) is 2.99. The quantitative estimate of drug-likeness (QED) is 0.563. The molecule has 9 nitrogen and oxygen atoms in total. The lowest BCUT2D eigenvalue weighted by molar-refractivity contribution is -0.115. The number of amides is 1. The summed E-state index contributed by atoms with van der Waals surface area (Å²) < 4.78 is 5.38. The van der Waals surface area contributed by atoms with Crippen molar-refractivity contribution in [1.29, 1.82) is 0 Å². The molecule has 120 valence electrons. The number of nitrogens with one attached hydrogen (secondary N) is 3. The molecule has 3 heterocycles. The highest BCUT2D eigenvalue weighted by molar-refractivity contribution is 6.18. The number of aromatic nitrogens is 3. The maximum absolute atomic E-state index is 12.3. The summed E-state index contributed by atoms with van der Waals surface area (Å²) in [5, 5.41) is 8.76. The second kappa shape index (κ2) is 6.34. The average molecular weight is 315 g/mol.